The van der Waals surface area contributed by atoms with E-state index in [0.717, 1.165) is 33.6 Å². The van der Waals surface area contributed by atoms with Crippen LogP contribution in [0, 0.1) is 0 Å². The fourth-order valence-electron chi connectivity index (χ4n) is 10.5. The van der Waals surface area contributed by atoms with Crippen molar-refractivity contribution in [2.75, 3.05) is 0 Å². The molecular formula is C59H36N2S. The normalized spacial score (nSPS) is 13.0. The first kappa shape index (κ1) is 35.1. The number of nitrogens with zero attached hydrogens (tertiary/aromatic N) is 2. The summed E-state index contributed by atoms with van der Waals surface area (Å²) < 4.78 is 2.56. The number of fused-ring (bicyclic) bond motifs is 15. The summed E-state index contributed by atoms with van der Waals surface area (Å²) in [5, 5.41) is 2.52. The van der Waals surface area contributed by atoms with E-state index in [9.17, 15) is 0 Å². The summed E-state index contributed by atoms with van der Waals surface area (Å²) >= 11 is 1.84. The van der Waals surface area contributed by atoms with Crippen LogP contribution >= 0.6 is 11.3 Å². The Labute approximate surface area is 364 Å². The molecule has 0 unspecified atom stereocenters. The number of hydrogen-bond donors (Lipinski definition) is 0. The molecule has 2 aromatic heterocycles. The molecule has 0 amide bonds. The van der Waals surface area contributed by atoms with Crippen LogP contribution in [0.1, 0.15) is 22.3 Å². The van der Waals surface area contributed by atoms with E-state index in [0.29, 0.717) is 5.82 Å². The van der Waals surface area contributed by atoms with Gasteiger partial charge in [-0.05, 0) is 97.1 Å². The zero-order valence-corrected chi connectivity index (χ0v) is 34.4. The van der Waals surface area contributed by atoms with E-state index in [1.54, 1.807) is 0 Å². The fraction of sp³-hybridized carbons (Fsp3) is 0.0169. The monoisotopic (exact) mass is 804 g/mol. The van der Waals surface area contributed by atoms with Gasteiger partial charge in [0.1, 0.15) is 0 Å². The largest absolute Gasteiger partial charge is 0.228 e. The van der Waals surface area contributed by atoms with Crippen molar-refractivity contribution in [1.29, 1.82) is 0 Å². The summed E-state index contributed by atoms with van der Waals surface area (Å²) in [7, 11) is 0. The molecule has 2 aliphatic carbocycles. The van der Waals surface area contributed by atoms with Crippen molar-refractivity contribution in [2.45, 2.75) is 5.41 Å². The Balaban J connectivity index is 1.10. The lowest BCUT2D eigenvalue weighted by molar-refractivity contribution is 0.775. The second-order valence-electron chi connectivity index (χ2n) is 16.4. The third-order valence-electron chi connectivity index (χ3n) is 13.1. The van der Waals surface area contributed by atoms with Crippen LogP contribution < -0.4 is 0 Å². The number of thiophene rings is 1. The van der Waals surface area contributed by atoms with Crippen LogP contribution in [0.15, 0.2) is 218 Å². The number of benzene rings is 9. The van der Waals surface area contributed by atoms with Gasteiger partial charge >= 0.3 is 0 Å². The molecule has 0 radical (unpaired) electrons. The minimum Gasteiger partial charge on any atom is -0.228 e. The highest BCUT2D eigenvalue weighted by molar-refractivity contribution is 7.25. The van der Waals surface area contributed by atoms with Gasteiger partial charge in [0.05, 0.1) is 16.8 Å². The van der Waals surface area contributed by atoms with Crippen LogP contribution in [0.2, 0.25) is 0 Å². The van der Waals surface area contributed by atoms with E-state index in [1.807, 2.05) is 11.3 Å². The lowest BCUT2D eigenvalue weighted by atomic mass is 9.66. The molecule has 0 saturated carbocycles. The van der Waals surface area contributed by atoms with Gasteiger partial charge in [-0.1, -0.05) is 188 Å². The summed E-state index contributed by atoms with van der Waals surface area (Å²) in [5.41, 5.74) is 19.1. The van der Waals surface area contributed by atoms with E-state index in [1.165, 1.54) is 81.4 Å². The molecule has 288 valence electrons. The summed E-state index contributed by atoms with van der Waals surface area (Å²) in [6.07, 6.45) is 0. The van der Waals surface area contributed by atoms with Crippen molar-refractivity contribution < 1.29 is 0 Å². The van der Waals surface area contributed by atoms with Gasteiger partial charge in [0.15, 0.2) is 5.82 Å². The van der Waals surface area contributed by atoms with Crippen molar-refractivity contribution in [3.8, 4) is 78.4 Å². The van der Waals surface area contributed by atoms with E-state index < -0.39 is 5.41 Å². The molecule has 9 aromatic carbocycles. The molecule has 2 nitrogen and oxygen atoms in total. The maximum atomic E-state index is 5.57. The van der Waals surface area contributed by atoms with Crippen LogP contribution in [-0.4, -0.2) is 9.97 Å². The molecule has 0 aliphatic heterocycles. The van der Waals surface area contributed by atoms with Gasteiger partial charge in [0.25, 0.3) is 0 Å². The lowest BCUT2D eigenvalue weighted by Crippen LogP contribution is -2.29. The Kier molecular flexibility index (Phi) is 7.72. The fourth-order valence-corrected chi connectivity index (χ4v) is 11.6. The smallest absolute Gasteiger partial charge is 0.161 e. The molecule has 0 fully saturated rings. The first-order valence-electron chi connectivity index (χ1n) is 21.2. The van der Waals surface area contributed by atoms with Crippen LogP contribution in [0.25, 0.3) is 98.6 Å². The van der Waals surface area contributed by atoms with Gasteiger partial charge < -0.3 is 0 Å². The highest BCUT2D eigenvalue weighted by atomic mass is 32.1. The molecule has 13 rings (SSSR count). The van der Waals surface area contributed by atoms with Gasteiger partial charge in [-0.3, -0.25) is 0 Å². The zero-order chi connectivity index (χ0) is 40.8. The van der Waals surface area contributed by atoms with Crippen molar-refractivity contribution in [2.24, 2.45) is 0 Å². The van der Waals surface area contributed by atoms with Crippen LogP contribution in [0.3, 0.4) is 0 Å². The van der Waals surface area contributed by atoms with Gasteiger partial charge in [-0.25, -0.2) is 9.97 Å². The van der Waals surface area contributed by atoms with Gasteiger partial charge in [0, 0.05) is 36.9 Å². The standard InChI is InChI=1S/C59H36N2S/c1-2-16-37(17-3-1)38-18-14-19-39(34-38)53-36-54(40-32-33-56-48(35-40)45-24-9-13-31-55(45)62-56)61-58(60-53)47-26-15-30-52-57(47)46-25-8-12-29-51(46)59(52)49-27-10-6-22-43(49)41-20-4-5-21-42(41)44-23-7-11-28-50(44)59/h1-36H. The second kappa shape index (κ2) is 13.7. The average molecular weight is 805 g/mol. The molecule has 62 heavy (non-hydrogen) atoms. The molecule has 3 heteroatoms. The van der Waals surface area contributed by atoms with Gasteiger partial charge in [-0.15, -0.1) is 11.3 Å². The van der Waals surface area contributed by atoms with E-state index in [2.05, 4.69) is 218 Å². The minimum absolute atomic E-state index is 0.594. The zero-order valence-electron chi connectivity index (χ0n) is 33.6. The van der Waals surface area contributed by atoms with E-state index in [-0.39, 0.29) is 0 Å². The number of hydrogen-bond acceptors (Lipinski definition) is 3. The maximum absolute atomic E-state index is 5.57. The van der Waals surface area contributed by atoms with Crippen molar-refractivity contribution in [3.63, 3.8) is 0 Å². The Hall–Kier alpha value is -7.72. The Morgan fingerprint density at radius 3 is 1.53 bits per heavy atom. The summed E-state index contributed by atoms with van der Waals surface area (Å²) in [6.45, 7) is 0. The van der Waals surface area contributed by atoms with Crippen LogP contribution in [-0.2, 0) is 5.41 Å². The summed E-state index contributed by atoms with van der Waals surface area (Å²) in [5.74, 6) is 0.708. The maximum Gasteiger partial charge on any atom is 0.161 e. The van der Waals surface area contributed by atoms with Crippen LogP contribution in [0.5, 0.6) is 0 Å². The van der Waals surface area contributed by atoms with Crippen molar-refractivity contribution >= 4 is 31.5 Å². The average Bonchev–Trinajstić information content (AvgIpc) is 3.84. The first-order valence-corrected chi connectivity index (χ1v) is 22.0. The van der Waals surface area contributed by atoms with E-state index >= 15 is 0 Å². The third kappa shape index (κ3) is 5.09. The molecule has 11 aromatic rings. The van der Waals surface area contributed by atoms with Gasteiger partial charge in [-0.2, -0.15) is 0 Å². The number of rotatable bonds is 4. The SMILES string of the molecule is c1ccc(-c2cccc(-c3cc(-c4ccc5sc6ccccc6c5c4)nc(-c4cccc5c4-c4ccccc4C54c5ccccc5-c5ccccc5-c5ccccc54)n3)c2)cc1. The molecule has 0 bridgehead atoms. The molecule has 0 atom stereocenters. The molecule has 2 heterocycles. The first-order chi connectivity index (χ1) is 30.7. The second-order valence-corrected chi connectivity index (χ2v) is 17.5. The van der Waals surface area contributed by atoms with E-state index in [4.69, 9.17) is 9.97 Å². The summed E-state index contributed by atoms with van der Waals surface area (Å²) in [4.78, 5) is 11.1. The molecule has 0 N–H and O–H groups in total. The Morgan fingerprint density at radius 1 is 0.306 bits per heavy atom. The Morgan fingerprint density at radius 2 is 0.806 bits per heavy atom. The molecular weight excluding hydrogens is 769 g/mol. The molecule has 1 spiro atoms. The highest BCUT2D eigenvalue weighted by Crippen LogP contribution is 2.62. The predicted molar refractivity (Wildman–Crippen MR) is 258 cm³/mol. The molecule has 0 saturated heterocycles. The quantitative estimate of drug-likeness (QED) is 0.177. The van der Waals surface area contributed by atoms with Gasteiger partial charge in [0.2, 0.25) is 0 Å². The predicted octanol–water partition coefficient (Wildman–Crippen LogP) is 15.5. The third-order valence-corrected chi connectivity index (χ3v) is 14.3. The topological polar surface area (TPSA) is 25.8 Å². The Bertz CT molecular complexity index is 3530. The van der Waals surface area contributed by atoms with Crippen LogP contribution in [0.4, 0.5) is 0 Å². The highest BCUT2D eigenvalue weighted by Gasteiger charge is 2.50. The minimum atomic E-state index is -0.594. The van der Waals surface area contributed by atoms with Crippen molar-refractivity contribution in [3.05, 3.63) is 241 Å². The summed E-state index contributed by atoms with van der Waals surface area (Å²) in [6, 6.07) is 79.9. The number of aromatic nitrogens is 2. The van der Waals surface area contributed by atoms with Crippen molar-refractivity contribution in [1.82, 2.24) is 9.97 Å². The molecule has 2 aliphatic rings. The lowest BCUT2D eigenvalue weighted by Gasteiger charge is -2.35.